The summed E-state index contributed by atoms with van der Waals surface area (Å²) >= 11 is 0. The third-order valence-electron chi connectivity index (χ3n) is 33.1. The molecule has 0 spiro atoms. The summed E-state index contributed by atoms with van der Waals surface area (Å²) in [7, 11) is 2.18. The summed E-state index contributed by atoms with van der Waals surface area (Å²) in [5.74, 6) is 4.20. The summed E-state index contributed by atoms with van der Waals surface area (Å²) in [4.78, 5) is 0. The molecule has 0 aromatic heterocycles. The van der Waals surface area contributed by atoms with Gasteiger partial charge in [0.2, 0.25) is 0 Å². The van der Waals surface area contributed by atoms with Crippen molar-refractivity contribution < 1.29 is 47.4 Å². The van der Waals surface area contributed by atoms with Crippen molar-refractivity contribution >= 4 is 0 Å². The first kappa shape index (κ1) is 85.0. The summed E-state index contributed by atoms with van der Waals surface area (Å²) < 4.78 is 79.9. The van der Waals surface area contributed by atoms with Crippen LogP contribution in [-0.2, 0) is 47.4 Å². The molecule has 0 heterocycles. The van der Waals surface area contributed by atoms with Gasteiger partial charge in [0, 0.05) is 46.8 Å². The number of methoxy groups -OCH3 is 1. The zero-order valence-electron chi connectivity index (χ0n) is 72.1. The van der Waals surface area contributed by atoms with Crippen molar-refractivity contribution in [2.45, 2.75) is 465 Å². The highest BCUT2D eigenvalue weighted by atomic mass is 16.5. The second kappa shape index (κ2) is 37.3. The first-order valence-electron chi connectivity index (χ1n) is 47.4. The van der Waals surface area contributed by atoms with Crippen LogP contribution in [-0.4, -0.2) is 126 Å². The first-order chi connectivity index (χ1) is 51.2. The van der Waals surface area contributed by atoms with Crippen LogP contribution in [0.4, 0.5) is 0 Å². The standard InChI is InChI=1S/C96H170O10/c1-17-22-57-100-83-45-26-41-79(83)91(52-30-36-74(61-91)97-16)95(92(53-31-38-76(62-92)98-21-5)80-42-27-46-84(80)103-66-68(8)9)64-87(90(71-49-50-71)51-29-37-75(60-90)102-65-67(6)7)96(95,93(54-32-39-77(63-93)99-56-19-3)81-43-28-47-85(81)105-70(12)20-4)94(72-34-24-35-73(59-72)104-69(10)11)55-33-48-86(101-58-23-18-2)88(94)78-40-25-44-82(78)106-89(13,14)15/h67-88H,17-66H2,1-16H3. The molecule has 0 saturated heterocycles. The molecule has 0 aromatic carbocycles. The van der Waals surface area contributed by atoms with Crippen molar-refractivity contribution in [1.29, 1.82) is 0 Å². The third kappa shape index (κ3) is 16.4. The Bertz CT molecular complexity index is 2620. The van der Waals surface area contributed by atoms with Crippen LogP contribution in [0, 0.1) is 97.1 Å². The van der Waals surface area contributed by atoms with Crippen molar-refractivity contribution in [3.05, 3.63) is 0 Å². The van der Waals surface area contributed by atoms with Gasteiger partial charge in [-0.05, 0) is 351 Å². The van der Waals surface area contributed by atoms with E-state index in [1.807, 2.05) is 0 Å². The van der Waals surface area contributed by atoms with Gasteiger partial charge in [0.05, 0.1) is 78.8 Å². The van der Waals surface area contributed by atoms with Crippen molar-refractivity contribution in [1.82, 2.24) is 0 Å². The molecular formula is C96H170O10. The molecule has 106 heavy (non-hydrogen) atoms. The van der Waals surface area contributed by atoms with Gasteiger partial charge in [-0.2, -0.15) is 0 Å². The fraction of sp³-hybridized carbons (Fsp3) is 1.00. The minimum atomic E-state index is -0.295. The lowest BCUT2D eigenvalue weighted by Crippen LogP contribution is -2.89. The number of ether oxygens (including phenoxy) is 10. The maximum absolute atomic E-state index is 8.47. The Kier molecular flexibility index (Phi) is 29.9. The van der Waals surface area contributed by atoms with E-state index in [2.05, 4.69) is 111 Å². The van der Waals surface area contributed by atoms with E-state index in [9.17, 15) is 0 Å². The van der Waals surface area contributed by atoms with Crippen molar-refractivity contribution in [3.63, 3.8) is 0 Å². The summed E-state index contributed by atoms with van der Waals surface area (Å²) in [6.07, 6.45) is 55.3. The average Bonchev–Trinajstić information content (AvgIpc) is 1.00. The Morgan fingerprint density at radius 1 is 0.406 bits per heavy atom. The predicted octanol–water partition coefficient (Wildman–Crippen LogP) is 24.6. The number of hydrogen-bond donors (Lipinski definition) is 0. The molecule has 10 heteroatoms. The van der Waals surface area contributed by atoms with E-state index in [1.165, 1.54) is 180 Å². The monoisotopic (exact) mass is 1480 g/mol. The lowest BCUT2D eigenvalue weighted by molar-refractivity contribution is -0.465. The highest BCUT2D eigenvalue weighted by Gasteiger charge is 2.94. The van der Waals surface area contributed by atoms with Crippen molar-refractivity contribution in [3.8, 4) is 0 Å². The Hall–Kier alpha value is -0.400. The molecule has 0 radical (unpaired) electrons. The summed E-state index contributed by atoms with van der Waals surface area (Å²) in [5.41, 5.74) is -1.54. The summed E-state index contributed by atoms with van der Waals surface area (Å²) in [6.45, 7) is 41.3. The van der Waals surface area contributed by atoms with Gasteiger partial charge in [0.15, 0.2) is 0 Å². The zero-order valence-corrected chi connectivity index (χ0v) is 72.1. The van der Waals surface area contributed by atoms with E-state index in [4.69, 9.17) is 47.4 Å². The Balaban J connectivity index is 1.38. The van der Waals surface area contributed by atoms with Gasteiger partial charge in [-0.1, -0.05) is 132 Å². The molecule has 25 atom stereocenters. The maximum atomic E-state index is 8.47. The minimum Gasteiger partial charge on any atom is -0.381 e. The molecule has 12 saturated carbocycles. The molecule has 0 aliphatic heterocycles. The van der Waals surface area contributed by atoms with E-state index < -0.39 is 0 Å². The van der Waals surface area contributed by atoms with Crippen molar-refractivity contribution in [2.24, 2.45) is 97.1 Å². The van der Waals surface area contributed by atoms with Gasteiger partial charge < -0.3 is 47.4 Å². The van der Waals surface area contributed by atoms with Gasteiger partial charge in [-0.25, -0.2) is 0 Å². The van der Waals surface area contributed by atoms with Crippen LogP contribution in [0.15, 0.2) is 0 Å². The molecule has 12 rings (SSSR count). The lowest BCUT2D eigenvalue weighted by atomic mass is 9.11. The second-order valence-corrected chi connectivity index (χ2v) is 41.4. The number of hydrogen-bond acceptors (Lipinski definition) is 10. The Labute approximate surface area is 652 Å². The van der Waals surface area contributed by atoms with E-state index >= 15 is 0 Å². The SMILES string of the molecule is CCCCOC1CCCC1C1(C2(C3(C4CCCC4OCC(C)C)CCCC(OCC)C3)CC(C3(C4CC4)CCCC(OCC(C)C)C3)C2(C2(C3CCCC3OC(C)CC)CCCC(OCCC)C2)C2(C3CCCC(OC(C)C)C3)CCCC(OCCCC)C2C2CCCC2OC(C)(C)C)CCCC(OC)C1. The minimum absolute atomic E-state index is 0.0634. The van der Waals surface area contributed by atoms with E-state index in [0.717, 1.165) is 142 Å². The van der Waals surface area contributed by atoms with Crippen LogP contribution in [0.25, 0.3) is 0 Å². The van der Waals surface area contributed by atoms with Crippen LogP contribution in [0.1, 0.15) is 386 Å². The van der Waals surface area contributed by atoms with Gasteiger partial charge >= 0.3 is 0 Å². The average molecular weight is 1480 g/mol. The fourth-order valence-corrected chi connectivity index (χ4v) is 30.5. The highest BCUT2D eigenvalue weighted by molar-refractivity contribution is 5.41. The molecule has 12 aliphatic rings. The largest absolute Gasteiger partial charge is 0.381 e. The number of rotatable bonds is 37. The summed E-state index contributed by atoms with van der Waals surface area (Å²) in [6, 6.07) is 0. The molecule has 25 unspecified atom stereocenters. The molecule has 614 valence electrons. The van der Waals surface area contributed by atoms with Crippen LogP contribution >= 0.6 is 0 Å². The van der Waals surface area contributed by atoms with Gasteiger partial charge in [0.25, 0.3) is 0 Å². The molecule has 12 fully saturated rings. The Morgan fingerprint density at radius 2 is 0.925 bits per heavy atom. The molecule has 12 aliphatic carbocycles. The van der Waals surface area contributed by atoms with E-state index in [-0.39, 0.29) is 123 Å². The smallest absolute Gasteiger partial charge is 0.0614 e. The predicted molar refractivity (Wildman–Crippen MR) is 434 cm³/mol. The molecule has 0 amide bonds. The van der Waals surface area contributed by atoms with Crippen LogP contribution in [0.5, 0.6) is 0 Å². The molecule has 0 aromatic rings. The zero-order chi connectivity index (χ0) is 75.1. The third-order valence-corrected chi connectivity index (χ3v) is 33.1. The lowest BCUT2D eigenvalue weighted by Gasteiger charge is -2.92. The highest BCUT2D eigenvalue weighted by Crippen LogP contribution is 2.97. The molecule has 0 bridgehead atoms. The first-order valence-corrected chi connectivity index (χ1v) is 47.4. The quantitative estimate of drug-likeness (QED) is 0.0560. The molecule has 0 N–H and O–H groups in total. The fourth-order valence-electron chi connectivity index (χ4n) is 30.5. The van der Waals surface area contributed by atoms with Crippen LogP contribution in [0.3, 0.4) is 0 Å². The normalized spacial score (nSPS) is 43.8. The van der Waals surface area contributed by atoms with Gasteiger partial charge in [0.1, 0.15) is 0 Å². The van der Waals surface area contributed by atoms with E-state index in [1.54, 1.807) is 0 Å². The van der Waals surface area contributed by atoms with Crippen LogP contribution in [0.2, 0.25) is 0 Å². The van der Waals surface area contributed by atoms with Gasteiger partial charge in [-0.15, -0.1) is 0 Å². The van der Waals surface area contributed by atoms with Crippen LogP contribution < -0.4 is 0 Å². The Morgan fingerprint density at radius 3 is 1.53 bits per heavy atom. The van der Waals surface area contributed by atoms with Crippen molar-refractivity contribution in [2.75, 3.05) is 46.8 Å². The maximum Gasteiger partial charge on any atom is 0.0614 e. The van der Waals surface area contributed by atoms with E-state index in [0.29, 0.717) is 53.3 Å². The topological polar surface area (TPSA) is 92.3 Å². The molecule has 10 nitrogen and oxygen atoms in total. The second-order valence-electron chi connectivity index (χ2n) is 41.4. The van der Waals surface area contributed by atoms with Gasteiger partial charge in [-0.3, -0.25) is 0 Å². The summed E-state index contributed by atoms with van der Waals surface area (Å²) in [5, 5.41) is 0. The number of unbranched alkanes of at least 4 members (excludes halogenated alkanes) is 2. The molecular weight excluding hydrogens is 1310 g/mol.